The molecule has 0 radical (unpaired) electrons. The molecule has 0 bridgehead atoms. The van der Waals surface area contributed by atoms with Crippen molar-refractivity contribution in [2.24, 2.45) is 5.92 Å². The lowest BCUT2D eigenvalue weighted by molar-refractivity contribution is -0.137. The third-order valence-corrected chi connectivity index (χ3v) is 4.49. The number of carbonyl (C=O) groups excluding carboxylic acids is 2. The van der Waals surface area contributed by atoms with Crippen LogP contribution in [-0.2, 0) is 22.6 Å². The summed E-state index contributed by atoms with van der Waals surface area (Å²) in [5, 5.41) is 5.64. The van der Waals surface area contributed by atoms with Crippen LogP contribution in [0.1, 0.15) is 25.0 Å². The fraction of sp³-hybridized carbons (Fsp3) is 0.333. The van der Waals surface area contributed by atoms with Crippen molar-refractivity contribution in [2.75, 3.05) is 0 Å². The molecule has 1 fully saturated rings. The van der Waals surface area contributed by atoms with E-state index in [0.29, 0.717) is 13.0 Å². The first kappa shape index (κ1) is 18.0. The van der Waals surface area contributed by atoms with Crippen LogP contribution in [0.3, 0.4) is 0 Å². The molecule has 2 aromatic carbocycles. The van der Waals surface area contributed by atoms with Gasteiger partial charge < -0.3 is 15.4 Å². The molecule has 1 aliphatic heterocycles. The van der Waals surface area contributed by atoms with Crippen LogP contribution in [0, 0.1) is 5.92 Å². The van der Waals surface area contributed by atoms with Gasteiger partial charge in [0.05, 0.1) is 0 Å². The van der Waals surface area contributed by atoms with Crippen LogP contribution in [0.15, 0.2) is 54.6 Å². The maximum Gasteiger partial charge on any atom is 0.243 e. The molecule has 1 saturated heterocycles. The third-order valence-electron chi connectivity index (χ3n) is 4.49. The Balaban J connectivity index is 1.56. The molecular formula is C21H24N2O3. The van der Waals surface area contributed by atoms with E-state index in [1.54, 1.807) is 0 Å². The molecule has 0 saturated carbocycles. The predicted octanol–water partition coefficient (Wildman–Crippen LogP) is 2.45. The molecule has 26 heavy (non-hydrogen) atoms. The summed E-state index contributed by atoms with van der Waals surface area (Å²) < 4.78 is 5.77. The fourth-order valence-corrected chi connectivity index (χ4v) is 2.96. The molecule has 2 aromatic rings. The van der Waals surface area contributed by atoms with Gasteiger partial charge in [-0.2, -0.15) is 0 Å². The SMILES string of the molecule is CC(C)[C@@H]1NC(=O)[C@H](Cc2ccc(OCc3ccccc3)cc2)NC1=O. The summed E-state index contributed by atoms with van der Waals surface area (Å²) in [5.41, 5.74) is 2.08. The highest BCUT2D eigenvalue weighted by Gasteiger charge is 2.34. The second kappa shape index (κ2) is 8.04. The summed E-state index contributed by atoms with van der Waals surface area (Å²) in [5.74, 6) is 0.593. The Bertz CT molecular complexity index is 757. The smallest absolute Gasteiger partial charge is 0.243 e. The molecule has 1 aliphatic rings. The van der Waals surface area contributed by atoms with Gasteiger partial charge in [-0.05, 0) is 29.2 Å². The second-order valence-electron chi connectivity index (χ2n) is 6.91. The van der Waals surface area contributed by atoms with Crippen molar-refractivity contribution in [1.29, 1.82) is 0 Å². The minimum absolute atomic E-state index is 0.0703. The van der Waals surface area contributed by atoms with E-state index >= 15 is 0 Å². The molecule has 2 atom stereocenters. The van der Waals surface area contributed by atoms with Gasteiger partial charge in [0.25, 0.3) is 0 Å². The Morgan fingerprint density at radius 1 is 0.885 bits per heavy atom. The van der Waals surface area contributed by atoms with Crippen LogP contribution in [-0.4, -0.2) is 23.9 Å². The Hall–Kier alpha value is -2.82. The summed E-state index contributed by atoms with van der Waals surface area (Å²) in [4.78, 5) is 24.3. The number of hydrogen-bond acceptors (Lipinski definition) is 3. The molecule has 2 amide bonds. The van der Waals surface area contributed by atoms with Gasteiger partial charge in [0.15, 0.2) is 0 Å². The van der Waals surface area contributed by atoms with Crippen molar-refractivity contribution >= 4 is 11.8 Å². The molecule has 0 aliphatic carbocycles. The Morgan fingerprint density at radius 3 is 2.23 bits per heavy atom. The van der Waals surface area contributed by atoms with Crippen molar-refractivity contribution in [3.05, 3.63) is 65.7 Å². The second-order valence-corrected chi connectivity index (χ2v) is 6.91. The molecule has 0 aromatic heterocycles. The summed E-state index contributed by atoms with van der Waals surface area (Å²) in [6.07, 6.45) is 0.460. The first-order valence-electron chi connectivity index (χ1n) is 8.89. The lowest BCUT2D eigenvalue weighted by Gasteiger charge is -2.31. The minimum atomic E-state index is -0.534. The maximum atomic E-state index is 12.2. The highest BCUT2D eigenvalue weighted by atomic mass is 16.5. The average Bonchev–Trinajstić information content (AvgIpc) is 2.64. The van der Waals surface area contributed by atoms with Crippen LogP contribution < -0.4 is 15.4 Å². The number of benzene rings is 2. The van der Waals surface area contributed by atoms with E-state index in [-0.39, 0.29) is 17.7 Å². The number of nitrogens with one attached hydrogen (secondary N) is 2. The maximum absolute atomic E-state index is 12.2. The van der Waals surface area contributed by atoms with Gasteiger partial charge in [0.1, 0.15) is 24.4 Å². The van der Waals surface area contributed by atoms with Gasteiger partial charge in [-0.3, -0.25) is 9.59 Å². The number of rotatable bonds is 6. The van der Waals surface area contributed by atoms with E-state index in [9.17, 15) is 9.59 Å². The van der Waals surface area contributed by atoms with Gasteiger partial charge >= 0.3 is 0 Å². The first-order chi connectivity index (χ1) is 12.5. The lowest BCUT2D eigenvalue weighted by Crippen LogP contribution is -2.63. The highest BCUT2D eigenvalue weighted by molar-refractivity contribution is 5.97. The molecule has 1 heterocycles. The van der Waals surface area contributed by atoms with Crippen LogP contribution in [0.4, 0.5) is 0 Å². The number of amides is 2. The van der Waals surface area contributed by atoms with Crippen molar-refractivity contribution in [2.45, 2.75) is 39.0 Å². The topological polar surface area (TPSA) is 67.4 Å². The van der Waals surface area contributed by atoms with Gasteiger partial charge in [-0.1, -0.05) is 56.3 Å². The van der Waals surface area contributed by atoms with Gasteiger partial charge in [-0.15, -0.1) is 0 Å². The van der Waals surface area contributed by atoms with E-state index in [4.69, 9.17) is 4.74 Å². The summed E-state index contributed by atoms with van der Waals surface area (Å²) in [6, 6.07) is 16.6. The molecule has 5 heteroatoms. The van der Waals surface area contributed by atoms with E-state index in [1.165, 1.54) is 0 Å². The Kier molecular flexibility index (Phi) is 5.56. The number of ether oxygens (including phenoxy) is 1. The number of carbonyl (C=O) groups is 2. The van der Waals surface area contributed by atoms with Crippen molar-refractivity contribution < 1.29 is 14.3 Å². The largest absolute Gasteiger partial charge is 0.489 e. The Morgan fingerprint density at radius 2 is 1.58 bits per heavy atom. The summed E-state index contributed by atoms with van der Waals surface area (Å²) in [6.45, 7) is 4.34. The standard InChI is InChI=1S/C21H24N2O3/c1-14(2)19-21(25)22-18(20(24)23-19)12-15-8-10-17(11-9-15)26-13-16-6-4-3-5-7-16/h3-11,14,18-19H,12-13H2,1-2H3,(H,22,25)(H,23,24)/t18-,19-/m0/s1. The van der Waals surface area contributed by atoms with Crippen LogP contribution in [0.25, 0.3) is 0 Å². The summed E-state index contributed by atoms with van der Waals surface area (Å²) in [7, 11) is 0. The van der Waals surface area contributed by atoms with Crippen molar-refractivity contribution in [3.8, 4) is 5.75 Å². The number of hydrogen-bond donors (Lipinski definition) is 2. The fourth-order valence-electron chi connectivity index (χ4n) is 2.96. The molecule has 0 unspecified atom stereocenters. The van der Waals surface area contributed by atoms with Crippen LogP contribution in [0.2, 0.25) is 0 Å². The van der Waals surface area contributed by atoms with E-state index in [2.05, 4.69) is 10.6 Å². The first-order valence-corrected chi connectivity index (χ1v) is 8.89. The highest BCUT2D eigenvalue weighted by Crippen LogP contribution is 2.16. The van der Waals surface area contributed by atoms with Crippen molar-refractivity contribution in [3.63, 3.8) is 0 Å². The normalized spacial score (nSPS) is 19.8. The van der Waals surface area contributed by atoms with Crippen LogP contribution in [0.5, 0.6) is 5.75 Å². The zero-order valence-electron chi connectivity index (χ0n) is 15.1. The zero-order valence-corrected chi connectivity index (χ0v) is 15.1. The monoisotopic (exact) mass is 352 g/mol. The van der Waals surface area contributed by atoms with Gasteiger partial charge in [0.2, 0.25) is 11.8 Å². The zero-order chi connectivity index (χ0) is 18.5. The average molecular weight is 352 g/mol. The number of piperazine rings is 1. The predicted molar refractivity (Wildman–Crippen MR) is 99.6 cm³/mol. The van der Waals surface area contributed by atoms with E-state index in [1.807, 2.05) is 68.4 Å². The minimum Gasteiger partial charge on any atom is -0.489 e. The molecule has 136 valence electrons. The van der Waals surface area contributed by atoms with Gasteiger partial charge in [0, 0.05) is 6.42 Å². The van der Waals surface area contributed by atoms with E-state index < -0.39 is 12.1 Å². The third kappa shape index (κ3) is 4.42. The molecule has 5 nitrogen and oxygen atoms in total. The summed E-state index contributed by atoms with van der Waals surface area (Å²) >= 11 is 0. The molecule has 3 rings (SSSR count). The Labute approximate surface area is 153 Å². The van der Waals surface area contributed by atoms with Gasteiger partial charge in [-0.25, -0.2) is 0 Å². The molecule has 0 spiro atoms. The van der Waals surface area contributed by atoms with Crippen LogP contribution >= 0.6 is 0 Å². The lowest BCUT2D eigenvalue weighted by atomic mass is 9.97. The quantitative estimate of drug-likeness (QED) is 0.839. The van der Waals surface area contributed by atoms with E-state index in [0.717, 1.165) is 16.9 Å². The molecular weight excluding hydrogens is 328 g/mol. The van der Waals surface area contributed by atoms with Crippen molar-refractivity contribution in [1.82, 2.24) is 10.6 Å². The molecule has 2 N–H and O–H groups in total.